The van der Waals surface area contributed by atoms with Gasteiger partial charge in [-0.25, -0.2) is 4.79 Å². The van der Waals surface area contributed by atoms with Gasteiger partial charge in [0.2, 0.25) is 5.88 Å². The van der Waals surface area contributed by atoms with Gasteiger partial charge >= 0.3 is 5.69 Å². The summed E-state index contributed by atoms with van der Waals surface area (Å²) >= 11 is 0. The van der Waals surface area contributed by atoms with Crippen molar-refractivity contribution in [3.63, 3.8) is 0 Å². The first-order valence-corrected chi connectivity index (χ1v) is 5.77. The second kappa shape index (κ2) is 3.46. The lowest BCUT2D eigenvalue weighted by molar-refractivity contribution is 0.0918. The van der Waals surface area contributed by atoms with Gasteiger partial charge in [-0.1, -0.05) is 0 Å². The van der Waals surface area contributed by atoms with Crippen LogP contribution in [0.25, 0.3) is 0 Å². The Kier molecular flexibility index (Phi) is 2.16. The van der Waals surface area contributed by atoms with Crippen molar-refractivity contribution in [2.45, 2.75) is 44.4 Å². The minimum Gasteiger partial charge on any atom is -0.494 e. The Morgan fingerprint density at radius 3 is 2.76 bits per heavy atom. The fraction of sp³-hybridized carbons (Fsp3) is 0.636. The van der Waals surface area contributed by atoms with E-state index in [0.29, 0.717) is 0 Å². The van der Waals surface area contributed by atoms with E-state index >= 15 is 0 Å². The molecule has 2 bridgehead atoms. The number of hydrogen-bond acceptors (Lipinski definition) is 4. The van der Waals surface area contributed by atoms with E-state index in [1.54, 1.807) is 0 Å². The summed E-state index contributed by atoms with van der Waals surface area (Å²) in [5.41, 5.74) is -0.917. The molecule has 0 aliphatic carbocycles. The number of rotatable bonds is 1. The molecule has 3 unspecified atom stereocenters. The summed E-state index contributed by atoms with van der Waals surface area (Å²) in [6, 6.07) is -0.156. The number of nitrogens with one attached hydrogen (secondary N) is 1. The van der Waals surface area contributed by atoms with E-state index in [1.807, 2.05) is 0 Å². The summed E-state index contributed by atoms with van der Waals surface area (Å²) in [5.74, 6) is -0.236. The molecular weight excluding hydrogens is 224 g/mol. The fourth-order valence-electron chi connectivity index (χ4n) is 2.82. The molecule has 6 heteroatoms. The monoisotopic (exact) mass is 238 g/mol. The predicted octanol–water partition coefficient (Wildman–Crippen LogP) is 0.0430. The number of aromatic nitrogens is 2. The summed E-state index contributed by atoms with van der Waals surface area (Å²) in [4.78, 5) is 25.3. The van der Waals surface area contributed by atoms with Gasteiger partial charge in [0.25, 0.3) is 5.56 Å². The highest BCUT2D eigenvalue weighted by Gasteiger charge is 2.43. The molecule has 2 aliphatic heterocycles. The molecule has 0 aromatic carbocycles. The van der Waals surface area contributed by atoms with Crippen LogP contribution in [0.3, 0.4) is 0 Å². The third-order valence-electron chi connectivity index (χ3n) is 3.75. The highest BCUT2D eigenvalue weighted by molar-refractivity contribution is 5.22. The van der Waals surface area contributed by atoms with Crippen LogP contribution >= 0.6 is 0 Å². The molecule has 0 amide bonds. The lowest BCUT2D eigenvalue weighted by atomic mass is 9.95. The molecule has 6 nitrogen and oxygen atoms in total. The molecule has 3 heterocycles. The highest BCUT2D eigenvalue weighted by Crippen LogP contribution is 2.42. The standard InChI is InChI=1S/C11H14N2O4/c1-5-9(14)12-11(16)13(10(5)15)7-4-6-2-3-8(7)17-6/h6-8,15H,2-4H2,1H3,(H,12,14,16). The SMILES string of the molecule is Cc1c(O)n(C2CC3CCC2O3)c(=O)[nH]c1=O. The van der Waals surface area contributed by atoms with E-state index in [4.69, 9.17) is 4.74 Å². The van der Waals surface area contributed by atoms with Crippen molar-refractivity contribution < 1.29 is 9.84 Å². The molecular formula is C11H14N2O4. The topological polar surface area (TPSA) is 84.3 Å². The number of H-pyrrole nitrogens is 1. The Hall–Kier alpha value is -1.56. The smallest absolute Gasteiger partial charge is 0.331 e. The number of ether oxygens (including phenoxy) is 1. The second-order valence-corrected chi connectivity index (χ2v) is 4.75. The lowest BCUT2D eigenvalue weighted by Crippen LogP contribution is -2.36. The summed E-state index contributed by atoms with van der Waals surface area (Å²) < 4.78 is 6.92. The molecule has 1 aromatic rings. The third-order valence-corrected chi connectivity index (χ3v) is 3.75. The fourth-order valence-corrected chi connectivity index (χ4v) is 2.82. The zero-order valence-corrected chi connectivity index (χ0v) is 9.47. The van der Waals surface area contributed by atoms with Crippen LogP contribution in [-0.2, 0) is 4.74 Å². The summed E-state index contributed by atoms with van der Waals surface area (Å²) in [5, 5.41) is 9.94. The quantitative estimate of drug-likeness (QED) is 0.723. The zero-order chi connectivity index (χ0) is 12.2. The van der Waals surface area contributed by atoms with Crippen LogP contribution in [0.15, 0.2) is 9.59 Å². The Bertz CT molecular complexity index is 574. The van der Waals surface area contributed by atoms with E-state index in [0.717, 1.165) is 19.3 Å². The van der Waals surface area contributed by atoms with Crippen molar-refractivity contribution in [3.8, 4) is 5.88 Å². The van der Waals surface area contributed by atoms with Crippen molar-refractivity contribution >= 4 is 0 Å². The van der Waals surface area contributed by atoms with Crippen LogP contribution in [0.4, 0.5) is 0 Å². The largest absolute Gasteiger partial charge is 0.494 e. The molecule has 3 atom stereocenters. The maximum atomic E-state index is 11.8. The average molecular weight is 238 g/mol. The molecule has 2 fully saturated rings. The highest BCUT2D eigenvalue weighted by atomic mass is 16.5. The maximum Gasteiger partial charge on any atom is 0.331 e. The molecule has 0 radical (unpaired) electrons. The first-order chi connectivity index (χ1) is 8.08. The van der Waals surface area contributed by atoms with Gasteiger partial charge in [-0.2, -0.15) is 0 Å². The summed E-state index contributed by atoms with van der Waals surface area (Å²) in [7, 11) is 0. The average Bonchev–Trinajstić information content (AvgIpc) is 2.88. The minimum atomic E-state index is -0.556. The number of hydrogen-bond donors (Lipinski definition) is 2. The predicted molar refractivity (Wildman–Crippen MR) is 59.3 cm³/mol. The number of aromatic hydroxyl groups is 1. The van der Waals surface area contributed by atoms with Crippen LogP contribution in [-0.4, -0.2) is 26.9 Å². The van der Waals surface area contributed by atoms with Crippen LogP contribution in [0.5, 0.6) is 5.88 Å². The first kappa shape index (κ1) is 10.6. The van der Waals surface area contributed by atoms with Crippen LogP contribution in [0.1, 0.15) is 30.9 Å². The molecule has 3 rings (SSSR count). The van der Waals surface area contributed by atoms with Crippen molar-refractivity contribution in [1.29, 1.82) is 0 Å². The summed E-state index contributed by atoms with van der Waals surface area (Å²) in [6.45, 7) is 1.50. The Morgan fingerprint density at radius 1 is 1.41 bits per heavy atom. The van der Waals surface area contributed by atoms with Crippen LogP contribution in [0, 0.1) is 6.92 Å². The molecule has 2 saturated heterocycles. The molecule has 2 N–H and O–H groups in total. The molecule has 17 heavy (non-hydrogen) atoms. The van der Waals surface area contributed by atoms with Crippen molar-refractivity contribution in [2.24, 2.45) is 0 Å². The van der Waals surface area contributed by atoms with Crippen LogP contribution < -0.4 is 11.2 Å². The third kappa shape index (κ3) is 1.44. The molecule has 0 saturated carbocycles. The van der Waals surface area contributed by atoms with Gasteiger partial charge in [0.05, 0.1) is 23.8 Å². The molecule has 92 valence electrons. The van der Waals surface area contributed by atoms with Crippen molar-refractivity contribution in [1.82, 2.24) is 9.55 Å². The van der Waals surface area contributed by atoms with Gasteiger partial charge in [-0.15, -0.1) is 0 Å². The number of fused-ring (bicyclic) bond motifs is 2. The first-order valence-electron chi connectivity index (χ1n) is 5.77. The van der Waals surface area contributed by atoms with Gasteiger partial charge in [0, 0.05) is 0 Å². The van der Waals surface area contributed by atoms with E-state index in [2.05, 4.69) is 4.98 Å². The minimum absolute atomic E-state index is 0.0195. The Labute approximate surface area is 96.9 Å². The normalized spacial score (nSPS) is 31.0. The Balaban J connectivity index is 2.13. The van der Waals surface area contributed by atoms with Crippen molar-refractivity contribution in [2.75, 3.05) is 0 Å². The molecule has 2 aliphatic rings. The van der Waals surface area contributed by atoms with E-state index in [-0.39, 0.29) is 29.7 Å². The number of nitrogens with zero attached hydrogens (tertiary/aromatic N) is 1. The zero-order valence-electron chi connectivity index (χ0n) is 9.47. The van der Waals surface area contributed by atoms with Gasteiger partial charge in [-0.05, 0) is 26.2 Å². The molecule has 0 spiro atoms. The summed E-state index contributed by atoms with van der Waals surface area (Å²) in [6.07, 6.45) is 2.81. The second-order valence-electron chi connectivity index (χ2n) is 4.75. The lowest BCUT2D eigenvalue weighted by Gasteiger charge is -2.22. The van der Waals surface area contributed by atoms with Gasteiger partial charge in [0.1, 0.15) is 0 Å². The van der Waals surface area contributed by atoms with Crippen LogP contribution in [0.2, 0.25) is 0 Å². The Morgan fingerprint density at radius 2 is 2.18 bits per heavy atom. The maximum absolute atomic E-state index is 11.8. The van der Waals surface area contributed by atoms with E-state index in [9.17, 15) is 14.7 Å². The molecule has 1 aromatic heterocycles. The van der Waals surface area contributed by atoms with Crippen molar-refractivity contribution in [3.05, 3.63) is 26.4 Å². The van der Waals surface area contributed by atoms with E-state index in [1.165, 1.54) is 11.5 Å². The number of aromatic amines is 1. The van der Waals surface area contributed by atoms with Gasteiger partial charge in [-0.3, -0.25) is 14.3 Å². The van der Waals surface area contributed by atoms with Gasteiger partial charge in [0.15, 0.2) is 0 Å². The van der Waals surface area contributed by atoms with E-state index < -0.39 is 11.2 Å². The van der Waals surface area contributed by atoms with Gasteiger partial charge < -0.3 is 9.84 Å².